The van der Waals surface area contributed by atoms with Gasteiger partial charge in [0.15, 0.2) is 0 Å². The van der Waals surface area contributed by atoms with Gasteiger partial charge >= 0.3 is 0 Å². The van der Waals surface area contributed by atoms with Crippen LogP contribution in [0.2, 0.25) is 0 Å². The minimum Gasteiger partial charge on any atom is -0.376 e. The molecular weight excluding hydrogens is 256 g/mol. The number of rotatable bonds is 3. The highest BCUT2D eigenvalue weighted by Crippen LogP contribution is 2.40. The molecule has 3 aliphatic rings. The standard InChI is InChI=1S/C15H24N2O3/c1-9(2)13-15(19)17(7-5-12(18)16-13)11-6-8-20-14(11)10-3-4-10/h9-11,13-14H,3-8H2,1-2H3,(H,16,18). The van der Waals surface area contributed by atoms with Crippen molar-refractivity contribution in [2.24, 2.45) is 11.8 Å². The Morgan fingerprint density at radius 2 is 2.00 bits per heavy atom. The van der Waals surface area contributed by atoms with E-state index in [4.69, 9.17) is 4.74 Å². The summed E-state index contributed by atoms with van der Waals surface area (Å²) in [6.07, 6.45) is 3.94. The zero-order valence-corrected chi connectivity index (χ0v) is 12.3. The van der Waals surface area contributed by atoms with E-state index in [0.29, 0.717) is 18.9 Å². The monoisotopic (exact) mass is 280 g/mol. The molecule has 0 aromatic carbocycles. The first kappa shape index (κ1) is 13.9. The van der Waals surface area contributed by atoms with E-state index in [1.54, 1.807) is 0 Å². The van der Waals surface area contributed by atoms with Crippen molar-refractivity contribution >= 4 is 11.8 Å². The van der Waals surface area contributed by atoms with Crippen molar-refractivity contribution in [2.45, 2.75) is 57.7 Å². The molecule has 5 nitrogen and oxygen atoms in total. The van der Waals surface area contributed by atoms with Gasteiger partial charge in [0.05, 0.1) is 12.1 Å². The highest BCUT2D eigenvalue weighted by molar-refractivity contribution is 5.90. The SMILES string of the molecule is CC(C)C1NC(=O)CCN(C2CCOC2C2CC2)C1=O. The topological polar surface area (TPSA) is 58.6 Å². The van der Waals surface area contributed by atoms with E-state index in [-0.39, 0.29) is 35.9 Å². The van der Waals surface area contributed by atoms with Gasteiger partial charge in [-0.15, -0.1) is 0 Å². The van der Waals surface area contributed by atoms with Crippen LogP contribution in [0.25, 0.3) is 0 Å². The Labute approximate surface area is 120 Å². The van der Waals surface area contributed by atoms with E-state index in [2.05, 4.69) is 5.32 Å². The summed E-state index contributed by atoms with van der Waals surface area (Å²) in [4.78, 5) is 26.5. The molecule has 5 heteroatoms. The molecule has 3 atom stereocenters. The van der Waals surface area contributed by atoms with Gasteiger partial charge in [0, 0.05) is 19.6 Å². The van der Waals surface area contributed by atoms with Crippen LogP contribution in [0.1, 0.15) is 39.5 Å². The van der Waals surface area contributed by atoms with E-state index in [9.17, 15) is 9.59 Å². The Hall–Kier alpha value is -1.10. The minimum atomic E-state index is -0.384. The van der Waals surface area contributed by atoms with Crippen molar-refractivity contribution in [3.05, 3.63) is 0 Å². The van der Waals surface area contributed by atoms with Crippen molar-refractivity contribution in [2.75, 3.05) is 13.2 Å². The third-order valence-corrected chi connectivity index (χ3v) is 4.70. The summed E-state index contributed by atoms with van der Waals surface area (Å²) in [6, 6.07) is -0.214. The van der Waals surface area contributed by atoms with E-state index in [0.717, 1.165) is 13.0 Å². The fraction of sp³-hybridized carbons (Fsp3) is 0.867. The van der Waals surface area contributed by atoms with Gasteiger partial charge < -0.3 is 15.0 Å². The average Bonchev–Trinajstić information content (AvgIpc) is 3.16. The number of carbonyl (C=O) groups excluding carboxylic acids is 2. The zero-order valence-electron chi connectivity index (χ0n) is 12.3. The number of nitrogens with one attached hydrogen (secondary N) is 1. The zero-order chi connectivity index (χ0) is 14.3. The number of hydrogen-bond acceptors (Lipinski definition) is 3. The van der Waals surface area contributed by atoms with E-state index < -0.39 is 0 Å². The van der Waals surface area contributed by atoms with Crippen molar-refractivity contribution < 1.29 is 14.3 Å². The molecule has 1 saturated carbocycles. The van der Waals surface area contributed by atoms with Gasteiger partial charge in [0.2, 0.25) is 11.8 Å². The third kappa shape index (κ3) is 2.55. The van der Waals surface area contributed by atoms with Crippen LogP contribution in [0.3, 0.4) is 0 Å². The molecule has 3 fully saturated rings. The molecule has 1 N–H and O–H groups in total. The molecule has 0 bridgehead atoms. The molecule has 2 heterocycles. The number of amides is 2. The summed E-state index contributed by atoms with van der Waals surface area (Å²) in [7, 11) is 0. The molecule has 2 saturated heterocycles. The number of carbonyl (C=O) groups is 2. The minimum absolute atomic E-state index is 0.0126. The quantitative estimate of drug-likeness (QED) is 0.836. The largest absolute Gasteiger partial charge is 0.376 e. The lowest BCUT2D eigenvalue weighted by Crippen LogP contribution is -2.52. The van der Waals surface area contributed by atoms with E-state index >= 15 is 0 Å². The summed E-state index contributed by atoms with van der Waals surface area (Å²) >= 11 is 0. The normalized spacial score (nSPS) is 35.4. The van der Waals surface area contributed by atoms with Crippen molar-refractivity contribution in [1.29, 1.82) is 0 Å². The molecule has 0 radical (unpaired) electrons. The average molecular weight is 280 g/mol. The lowest BCUT2D eigenvalue weighted by atomic mass is 9.99. The Morgan fingerprint density at radius 3 is 2.65 bits per heavy atom. The van der Waals surface area contributed by atoms with Gasteiger partial charge in [0.1, 0.15) is 6.04 Å². The van der Waals surface area contributed by atoms with Gasteiger partial charge in [-0.25, -0.2) is 0 Å². The molecule has 2 amide bonds. The summed E-state index contributed by atoms with van der Waals surface area (Å²) < 4.78 is 5.86. The molecular formula is C15H24N2O3. The number of nitrogens with zero attached hydrogens (tertiary/aromatic N) is 1. The Bertz CT molecular complexity index is 406. The van der Waals surface area contributed by atoms with Gasteiger partial charge in [-0.2, -0.15) is 0 Å². The second-order valence-electron chi connectivity index (χ2n) is 6.60. The third-order valence-electron chi connectivity index (χ3n) is 4.70. The van der Waals surface area contributed by atoms with Gasteiger partial charge in [-0.1, -0.05) is 13.8 Å². The maximum atomic E-state index is 12.8. The number of ether oxygens (including phenoxy) is 1. The summed E-state index contributed by atoms with van der Waals surface area (Å²) in [6.45, 7) is 5.24. The molecule has 0 aromatic rings. The van der Waals surface area contributed by atoms with Gasteiger partial charge in [-0.3, -0.25) is 9.59 Å². The van der Waals surface area contributed by atoms with Gasteiger partial charge in [0.25, 0.3) is 0 Å². The first-order valence-electron chi connectivity index (χ1n) is 7.79. The Balaban J connectivity index is 1.79. The highest BCUT2D eigenvalue weighted by atomic mass is 16.5. The fourth-order valence-corrected chi connectivity index (χ4v) is 3.41. The molecule has 0 spiro atoms. The molecule has 112 valence electrons. The van der Waals surface area contributed by atoms with Crippen LogP contribution in [0, 0.1) is 11.8 Å². The summed E-state index contributed by atoms with van der Waals surface area (Å²) in [5.74, 6) is 0.807. The van der Waals surface area contributed by atoms with Gasteiger partial charge in [-0.05, 0) is 31.1 Å². The van der Waals surface area contributed by atoms with Crippen molar-refractivity contribution in [3.8, 4) is 0 Å². The van der Waals surface area contributed by atoms with E-state index in [1.165, 1.54) is 12.8 Å². The molecule has 2 aliphatic heterocycles. The lowest BCUT2D eigenvalue weighted by Gasteiger charge is -2.33. The molecule has 1 aliphatic carbocycles. The van der Waals surface area contributed by atoms with Crippen LogP contribution in [0.5, 0.6) is 0 Å². The van der Waals surface area contributed by atoms with Crippen LogP contribution in [0.4, 0.5) is 0 Å². The summed E-state index contributed by atoms with van der Waals surface area (Å²) in [5, 5.41) is 2.87. The molecule has 3 unspecified atom stereocenters. The fourth-order valence-electron chi connectivity index (χ4n) is 3.41. The predicted molar refractivity (Wildman–Crippen MR) is 74.0 cm³/mol. The second kappa shape index (κ2) is 5.35. The smallest absolute Gasteiger partial charge is 0.245 e. The second-order valence-corrected chi connectivity index (χ2v) is 6.60. The summed E-state index contributed by atoms with van der Waals surface area (Å²) in [5.41, 5.74) is 0. The van der Waals surface area contributed by atoms with Crippen molar-refractivity contribution in [1.82, 2.24) is 10.2 Å². The maximum Gasteiger partial charge on any atom is 0.245 e. The van der Waals surface area contributed by atoms with Crippen LogP contribution in [0.15, 0.2) is 0 Å². The Kier molecular flexibility index (Phi) is 3.71. The lowest BCUT2D eigenvalue weighted by molar-refractivity contribution is -0.138. The van der Waals surface area contributed by atoms with Crippen molar-refractivity contribution in [3.63, 3.8) is 0 Å². The molecule has 3 rings (SSSR count). The molecule has 20 heavy (non-hydrogen) atoms. The van der Waals surface area contributed by atoms with Crippen LogP contribution < -0.4 is 5.32 Å². The number of hydrogen-bond donors (Lipinski definition) is 1. The first-order chi connectivity index (χ1) is 9.58. The maximum absolute atomic E-state index is 12.8. The Morgan fingerprint density at radius 1 is 1.25 bits per heavy atom. The first-order valence-corrected chi connectivity index (χ1v) is 7.79. The van der Waals surface area contributed by atoms with Crippen LogP contribution >= 0.6 is 0 Å². The predicted octanol–water partition coefficient (Wildman–Crippen LogP) is 0.927. The van der Waals surface area contributed by atoms with E-state index in [1.807, 2.05) is 18.7 Å². The molecule has 0 aromatic heterocycles. The van der Waals surface area contributed by atoms with Crippen LogP contribution in [-0.2, 0) is 14.3 Å². The van der Waals surface area contributed by atoms with Crippen LogP contribution in [-0.4, -0.2) is 48.1 Å². The highest BCUT2D eigenvalue weighted by Gasteiger charge is 2.46.